The first kappa shape index (κ1) is 8.79. The first-order valence-electron chi connectivity index (χ1n) is 4.61. The van der Waals surface area contributed by atoms with E-state index in [1.165, 1.54) is 11.1 Å². The van der Waals surface area contributed by atoms with Crippen LogP contribution >= 0.6 is 0 Å². The van der Waals surface area contributed by atoms with Crippen molar-refractivity contribution in [2.24, 2.45) is 0 Å². The largest absolute Gasteiger partial charge is 0.455 e. The molecular formula is C10H13BO2. The Morgan fingerprint density at radius 1 is 1.38 bits per heavy atom. The molecule has 2 atom stereocenters. The van der Waals surface area contributed by atoms with E-state index in [0.717, 1.165) is 6.42 Å². The zero-order valence-corrected chi connectivity index (χ0v) is 7.64. The fraction of sp³-hybridized carbons (Fsp3) is 0.400. The van der Waals surface area contributed by atoms with Gasteiger partial charge in [0.05, 0.1) is 0 Å². The highest BCUT2D eigenvalue weighted by molar-refractivity contribution is 6.44. The van der Waals surface area contributed by atoms with E-state index in [4.69, 9.17) is 10.0 Å². The van der Waals surface area contributed by atoms with Crippen LogP contribution < -0.4 is 0 Å². The van der Waals surface area contributed by atoms with Gasteiger partial charge in [-0.05, 0) is 24.8 Å². The molecule has 0 amide bonds. The maximum Gasteiger partial charge on any atom is 0.455 e. The Balaban J connectivity index is 2.12. The molecule has 68 valence electrons. The zero-order chi connectivity index (χ0) is 9.42. The monoisotopic (exact) mass is 176 g/mol. The second-order valence-corrected chi connectivity index (χ2v) is 3.83. The van der Waals surface area contributed by atoms with Crippen molar-refractivity contribution in [1.29, 1.82) is 0 Å². The highest BCUT2D eigenvalue weighted by atomic mass is 16.4. The first-order chi connectivity index (χ1) is 6.18. The van der Waals surface area contributed by atoms with Crippen molar-refractivity contribution < 1.29 is 10.0 Å². The average molecular weight is 176 g/mol. The highest BCUT2D eigenvalue weighted by Gasteiger charge is 2.46. The molecular weight excluding hydrogens is 163 g/mol. The van der Waals surface area contributed by atoms with Gasteiger partial charge in [-0.1, -0.05) is 29.8 Å². The summed E-state index contributed by atoms with van der Waals surface area (Å²) in [6.45, 7) is 2.05. The molecule has 13 heavy (non-hydrogen) atoms. The summed E-state index contributed by atoms with van der Waals surface area (Å²) in [7, 11) is -1.15. The number of rotatable bonds is 2. The summed E-state index contributed by atoms with van der Waals surface area (Å²) in [5.74, 6) is 0.418. The molecule has 3 heteroatoms. The second-order valence-electron chi connectivity index (χ2n) is 3.83. The SMILES string of the molecule is Cc1cccc(C2CC2B(O)O)c1. The van der Waals surface area contributed by atoms with E-state index in [0.29, 0.717) is 5.92 Å². The van der Waals surface area contributed by atoms with Gasteiger partial charge in [0.1, 0.15) is 0 Å². The van der Waals surface area contributed by atoms with Crippen LogP contribution in [0.3, 0.4) is 0 Å². The summed E-state index contributed by atoms with van der Waals surface area (Å²) in [6, 6.07) is 8.24. The third-order valence-corrected chi connectivity index (χ3v) is 2.69. The van der Waals surface area contributed by atoms with E-state index in [-0.39, 0.29) is 5.82 Å². The molecule has 2 rings (SSSR count). The van der Waals surface area contributed by atoms with Crippen LogP contribution in [-0.2, 0) is 0 Å². The Hall–Kier alpha value is -0.795. The standard InChI is InChI=1S/C10H13BO2/c1-7-3-2-4-8(5-7)9-6-10(9)11(12)13/h2-5,9-10,12-13H,6H2,1H3. The van der Waals surface area contributed by atoms with E-state index in [2.05, 4.69) is 25.1 Å². The molecule has 2 nitrogen and oxygen atoms in total. The van der Waals surface area contributed by atoms with Gasteiger partial charge in [-0.2, -0.15) is 0 Å². The minimum atomic E-state index is -1.15. The van der Waals surface area contributed by atoms with E-state index in [1.54, 1.807) is 0 Å². The predicted molar refractivity (Wildman–Crippen MR) is 52.5 cm³/mol. The summed E-state index contributed by atoms with van der Waals surface area (Å²) < 4.78 is 0. The van der Waals surface area contributed by atoms with E-state index in [1.807, 2.05) is 6.07 Å². The van der Waals surface area contributed by atoms with Crippen molar-refractivity contribution in [3.8, 4) is 0 Å². The Labute approximate surface area is 78.4 Å². The van der Waals surface area contributed by atoms with Crippen LogP contribution in [0.1, 0.15) is 23.5 Å². The van der Waals surface area contributed by atoms with Crippen LogP contribution in [0.15, 0.2) is 24.3 Å². The van der Waals surface area contributed by atoms with Crippen molar-refractivity contribution in [2.75, 3.05) is 0 Å². The topological polar surface area (TPSA) is 40.5 Å². The van der Waals surface area contributed by atoms with Crippen molar-refractivity contribution >= 4 is 7.12 Å². The number of benzene rings is 1. The highest BCUT2D eigenvalue weighted by Crippen LogP contribution is 2.53. The lowest BCUT2D eigenvalue weighted by atomic mass is 9.81. The smallest absolute Gasteiger partial charge is 0.427 e. The first-order valence-corrected chi connectivity index (χ1v) is 4.61. The Kier molecular flexibility index (Phi) is 2.14. The Morgan fingerprint density at radius 3 is 2.69 bits per heavy atom. The summed E-state index contributed by atoms with van der Waals surface area (Å²) >= 11 is 0. The molecule has 1 aromatic carbocycles. The van der Waals surface area contributed by atoms with Crippen LogP contribution in [0, 0.1) is 6.92 Å². The van der Waals surface area contributed by atoms with Gasteiger partial charge < -0.3 is 10.0 Å². The quantitative estimate of drug-likeness (QED) is 0.667. The number of hydrogen-bond donors (Lipinski definition) is 2. The zero-order valence-electron chi connectivity index (χ0n) is 7.64. The molecule has 1 saturated carbocycles. The molecule has 0 radical (unpaired) electrons. The summed E-state index contributed by atoms with van der Waals surface area (Å²) in [6.07, 6.45) is 0.904. The normalized spacial score (nSPS) is 25.8. The van der Waals surface area contributed by atoms with Crippen molar-refractivity contribution in [3.05, 3.63) is 35.4 Å². The molecule has 0 heterocycles. The van der Waals surface area contributed by atoms with Gasteiger partial charge in [-0.15, -0.1) is 0 Å². The maximum absolute atomic E-state index is 8.95. The lowest BCUT2D eigenvalue weighted by molar-refractivity contribution is 0.402. The third-order valence-electron chi connectivity index (χ3n) is 2.69. The van der Waals surface area contributed by atoms with Gasteiger partial charge in [0.15, 0.2) is 0 Å². The molecule has 0 bridgehead atoms. The van der Waals surface area contributed by atoms with Gasteiger partial charge in [0, 0.05) is 5.82 Å². The van der Waals surface area contributed by atoms with Gasteiger partial charge in [0.25, 0.3) is 0 Å². The van der Waals surface area contributed by atoms with Crippen molar-refractivity contribution in [1.82, 2.24) is 0 Å². The molecule has 1 aromatic rings. The van der Waals surface area contributed by atoms with Crippen LogP contribution in [0.2, 0.25) is 5.82 Å². The van der Waals surface area contributed by atoms with Crippen LogP contribution in [0.5, 0.6) is 0 Å². The summed E-state index contributed by atoms with van der Waals surface area (Å²) in [5, 5.41) is 17.9. The fourth-order valence-electron chi connectivity index (χ4n) is 1.83. The molecule has 2 N–H and O–H groups in total. The molecule has 0 spiro atoms. The molecule has 1 aliphatic rings. The second kappa shape index (κ2) is 3.16. The van der Waals surface area contributed by atoms with E-state index in [9.17, 15) is 0 Å². The van der Waals surface area contributed by atoms with E-state index >= 15 is 0 Å². The lowest BCUT2D eigenvalue weighted by Crippen LogP contribution is -2.11. The third kappa shape index (κ3) is 1.76. The minimum absolute atomic E-state index is 0.0572. The van der Waals surface area contributed by atoms with E-state index < -0.39 is 7.12 Å². The average Bonchev–Trinajstić information content (AvgIpc) is 2.82. The maximum atomic E-state index is 8.95. The molecule has 0 aliphatic heterocycles. The fourth-order valence-corrected chi connectivity index (χ4v) is 1.83. The Morgan fingerprint density at radius 2 is 2.15 bits per heavy atom. The summed E-state index contributed by atoms with van der Waals surface area (Å²) in [4.78, 5) is 0. The van der Waals surface area contributed by atoms with Gasteiger partial charge in [-0.25, -0.2) is 0 Å². The molecule has 2 unspecified atom stereocenters. The predicted octanol–water partition coefficient (Wildman–Crippen LogP) is 1.33. The molecule has 0 aromatic heterocycles. The van der Waals surface area contributed by atoms with Crippen molar-refractivity contribution in [2.45, 2.75) is 25.1 Å². The molecule has 0 saturated heterocycles. The van der Waals surface area contributed by atoms with Crippen LogP contribution in [0.25, 0.3) is 0 Å². The lowest BCUT2D eigenvalue weighted by Gasteiger charge is -2.00. The van der Waals surface area contributed by atoms with Crippen molar-refractivity contribution in [3.63, 3.8) is 0 Å². The Bertz CT molecular complexity index is 312. The number of aryl methyl sites for hydroxylation is 1. The van der Waals surface area contributed by atoms with Gasteiger partial charge >= 0.3 is 7.12 Å². The number of hydrogen-bond acceptors (Lipinski definition) is 2. The summed E-state index contributed by atoms with van der Waals surface area (Å²) in [5.41, 5.74) is 2.47. The molecule has 1 fully saturated rings. The van der Waals surface area contributed by atoms with Crippen LogP contribution in [0.4, 0.5) is 0 Å². The molecule has 1 aliphatic carbocycles. The van der Waals surface area contributed by atoms with Crippen LogP contribution in [-0.4, -0.2) is 17.2 Å². The van der Waals surface area contributed by atoms with Gasteiger partial charge in [0.2, 0.25) is 0 Å². The minimum Gasteiger partial charge on any atom is -0.427 e. The van der Waals surface area contributed by atoms with Gasteiger partial charge in [-0.3, -0.25) is 0 Å².